The van der Waals surface area contributed by atoms with Crippen LogP contribution in [0, 0.1) is 0 Å². The lowest BCUT2D eigenvalue weighted by atomic mass is 10.0. The molecule has 1 aliphatic rings. The number of amides is 2. The second-order valence-corrected chi connectivity index (χ2v) is 7.04. The van der Waals surface area contributed by atoms with Gasteiger partial charge in [0.2, 0.25) is 6.41 Å². The number of carbonyl (C=O) groups is 2. The fourth-order valence-corrected chi connectivity index (χ4v) is 3.34. The maximum absolute atomic E-state index is 12.9. The Morgan fingerprint density at radius 1 is 1.23 bits per heavy atom. The van der Waals surface area contributed by atoms with E-state index in [1.165, 1.54) is 5.01 Å². The molecular weight excluding hydrogens is 406 g/mol. The highest BCUT2D eigenvalue weighted by atomic mass is 35.5. The molecule has 7 nitrogen and oxygen atoms in total. The molecule has 0 unspecified atom stereocenters. The molecule has 1 N–H and O–H groups in total. The molecule has 2 amide bonds. The van der Waals surface area contributed by atoms with Crippen molar-refractivity contribution in [3.63, 3.8) is 0 Å². The Kier molecular flexibility index (Phi) is 5.81. The minimum absolute atomic E-state index is 0.209. The SMILES string of the molecule is O=CNc1cccc(OCC(=O)N2N=C(c3ccc(Cl)cc3)C[C@@H]2c2ccco2)c1. The van der Waals surface area contributed by atoms with Crippen LogP contribution >= 0.6 is 11.6 Å². The van der Waals surface area contributed by atoms with Crippen molar-refractivity contribution >= 4 is 35.3 Å². The normalized spacial score (nSPS) is 15.6. The van der Waals surface area contributed by atoms with Crippen molar-refractivity contribution in [3.05, 3.63) is 83.3 Å². The van der Waals surface area contributed by atoms with Gasteiger partial charge in [0.1, 0.15) is 17.6 Å². The molecule has 0 saturated heterocycles. The maximum Gasteiger partial charge on any atom is 0.281 e. The standard InChI is InChI=1S/C22H18ClN3O4/c23-16-8-6-15(7-9-16)19-12-20(21-5-2-10-29-21)26(25-19)22(28)13-30-18-4-1-3-17(11-18)24-14-27/h1-11,14,20H,12-13H2,(H,24,27)/t20-/m1/s1. The summed E-state index contributed by atoms with van der Waals surface area (Å²) in [4.78, 5) is 23.5. The number of carbonyl (C=O) groups excluding carboxylic acids is 2. The molecular formula is C22H18ClN3O4. The van der Waals surface area contributed by atoms with Crippen LogP contribution in [-0.4, -0.2) is 29.6 Å². The molecule has 1 atom stereocenters. The molecule has 3 aromatic rings. The van der Waals surface area contributed by atoms with Gasteiger partial charge in [-0.15, -0.1) is 0 Å². The van der Waals surface area contributed by atoms with Crippen LogP contribution in [0.3, 0.4) is 0 Å². The summed E-state index contributed by atoms with van der Waals surface area (Å²) in [7, 11) is 0. The van der Waals surface area contributed by atoms with Gasteiger partial charge in [-0.1, -0.05) is 29.8 Å². The summed E-state index contributed by atoms with van der Waals surface area (Å²) in [5, 5.41) is 9.12. The number of hydrogen-bond donors (Lipinski definition) is 1. The van der Waals surface area contributed by atoms with Crippen LogP contribution < -0.4 is 10.1 Å². The minimum atomic E-state index is -0.357. The lowest BCUT2D eigenvalue weighted by Crippen LogP contribution is -2.31. The van der Waals surface area contributed by atoms with Crippen molar-refractivity contribution in [1.82, 2.24) is 5.01 Å². The lowest BCUT2D eigenvalue weighted by molar-refractivity contribution is -0.135. The van der Waals surface area contributed by atoms with Gasteiger partial charge in [-0.25, -0.2) is 5.01 Å². The third-order valence-corrected chi connectivity index (χ3v) is 4.89. The smallest absolute Gasteiger partial charge is 0.281 e. The van der Waals surface area contributed by atoms with E-state index in [1.807, 2.05) is 18.2 Å². The van der Waals surface area contributed by atoms with E-state index in [-0.39, 0.29) is 18.6 Å². The number of benzene rings is 2. The molecule has 0 aliphatic carbocycles. The Hall–Kier alpha value is -3.58. The summed E-state index contributed by atoms with van der Waals surface area (Å²) < 4.78 is 11.2. The Morgan fingerprint density at radius 3 is 2.80 bits per heavy atom. The third kappa shape index (κ3) is 4.36. The quantitative estimate of drug-likeness (QED) is 0.575. The molecule has 30 heavy (non-hydrogen) atoms. The van der Waals surface area contributed by atoms with Crippen molar-refractivity contribution in [1.29, 1.82) is 0 Å². The average Bonchev–Trinajstić information content (AvgIpc) is 3.43. The number of anilines is 1. The monoisotopic (exact) mass is 423 g/mol. The summed E-state index contributed by atoms with van der Waals surface area (Å²) >= 11 is 5.98. The molecule has 8 heteroatoms. The van der Waals surface area contributed by atoms with Crippen LogP contribution in [0.5, 0.6) is 5.75 Å². The van der Waals surface area contributed by atoms with Crippen LogP contribution in [0.1, 0.15) is 23.8 Å². The molecule has 1 aromatic heterocycles. The van der Waals surface area contributed by atoms with Crippen LogP contribution in [0.4, 0.5) is 5.69 Å². The van der Waals surface area contributed by atoms with Gasteiger partial charge >= 0.3 is 0 Å². The van der Waals surface area contributed by atoms with E-state index < -0.39 is 0 Å². The summed E-state index contributed by atoms with van der Waals surface area (Å²) in [5.74, 6) is 0.799. The highest BCUT2D eigenvalue weighted by Gasteiger charge is 2.35. The molecule has 1 aliphatic heterocycles. The predicted molar refractivity (Wildman–Crippen MR) is 113 cm³/mol. The molecule has 0 bridgehead atoms. The third-order valence-electron chi connectivity index (χ3n) is 4.64. The van der Waals surface area contributed by atoms with Crippen LogP contribution in [0.15, 0.2) is 76.4 Å². The Labute approximate surface area is 177 Å². The van der Waals surface area contributed by atoms with E-state index in [4.69, 9.17) is 20.8 Å². The van der Waals surface area contributed by atoms with Gasteiger partial charge in [0.25, 0.3) is 5.91 Å². The first-order chi connectivity index (χ1) is 14.6. The summed E-state index contributed by atoms with van der Waals surface area (Å²) in [6.45, 7) is -0.209. The van der Waals surface area contributed by atoms with E-state index in [0.717, 1.165) is 11.3 Å². The second kappa shape index (κ2) is 8.84. The second-order valence-electron chi connectivity index (χ2n) is 6.61. The number of hydrogen-bond acceptors (Lipinski definition) is 5. The molecule has 152 valence electrons. The van der Waals surface area contributed by atoms with E-state index in [2.05, 4.69) is 10.4 Å². The first-order valence-corrected chi connectivity index (χ1v) is 9.64. The number of ether oxygens (including phenoxy) is 1. The van der Waals surface area contributed by atoms with Crippen molar-refractivity contribution in [2.24, 2.45) is 5.10 Å². The van der Waals surface area contributed by atoms with Crippen LogP contribution in [-0.2, 0) is 9.59 Å². The van der Waals surface area contributed by atoms with Gasteiger partial charge in [-0.3, -0.25) is 9.59 Å². The molecule has 0 fully saturated rings. The van der Waals surface area contributed by atoms with E-state index in [0.29, 0.717) is 35.1 Å². The zero-order valence-electron chi connectivity index (χ0n) is 15.8. The first-order valence-electron chi connectivity index (χ1n) is 9.26. The summed E-state index contributed by atoms with van der Waals surface area (Å²) in [6.07, 6.45) is 2.66. The molecule has 4 rings (SSSR count). The minimum Gasteiger partial charge on any atom is -0.484 e. The van der Waals surface area contributed by atoms with Crippen molar-refractivity contribution in [3.8, 4) is 5.75 Å². The first kappa shape index (κ1) is 19.7. The van der Waals surface area contributed by atoms with Crippen molar-refractivity contribution < 1.29 is 18.7 Å². The Bertz CT molecular complexity index is 1060. The number of furan rings is 1. The zero-order valence-corrected chi connectivity index (χ0v) is 16.6. The molecule has 2 aromatic carbocycles. The number of rotatable bonds is 7. The highest BCUT2D eigenvalue weighted by Crippen LogP contribution is 2.33. The van der Waals surface area contributed by atoms with Crippen molar-refractivity contribution in [2.45, 2.75) is 12.5 Å². The fourth-order valence-electron chi connectivity index (χ4n) is 3.21. The highest BCUT2D eigenvalue weighted by molar-refractivity contribution is 6.30. The van der Waals surface area contributed by atoms with E-state index in [9.17, 15) is 9.59 Å². The predicted octanol–water partition coefficient (Wildman–Crippen LogP) is 4.26. The zero-order chi connectivity index (χ0) is 20.9. The van der Waals surface area contributed by atoms with Crippen LogP contribution in [0.2, 0.25) is 5.02 Å². The maximum atomic E-state index is 12.9. The van der Waals surface area contributed by atoms with Crippen molar-refractivity contribution in [2.75, 3.05) is 11.9 Å². The van der Waals surface area contributed by atoms with Gasteiger partial charge in [-0.05, 0) is 42.0 Å². The summed E-state index contributed by atoms with van der Waals surface area (Å²) in [5.41, 5.74) is 2.23. The van der Waals surface area contributed by atoms with Gasteiger partial charge in [-0.2, -0.15) is 5.10 Å². The van der Waals surface area contributed by atoms with Crippen LogP contribution in [0.25, 0.3) is 0 Å². The topological polar surface area (TPSA) is 84.1 Å². The average molecular weight is 424 g/mol. The van der Waals surface area contributed by atoms with E-state index >= 15 is 0 Å². The van der Waals surface area contributed by atoms with E-state index in [1.54, 1.807) is 48.7 Å². The Balaban J connectivity index is 1.52. The number of nitrogens with zero attached hydrogens (tertiary/aromatic N) is 2. The molecule has 2 heterocycles. The van der Waals surface area contributed by atoms with Gasteiger partial charge in [0.15, 0.2) is 6.61 Å². The largest absolute Gasteiger partial charge is 0.484 e. The number of halogens is 1. The number of hydrazone groups is 1. The molecule has 0 spiro atoms. The number of nitrogens with one attached hydrogen (secondary N) is 1. The fraction of sp³-hybridized carbons (Fsp3) is 0.136. The molecule has 0 saturated carbocycles. The van der Waals surface area contributed by atoms with Gasteiger partial charge < -0.3 is 14.5 Å². The molecule has 0 radical (unpaired) electrons. The van der Waals surface area contributed by atoms with Gasteiger partial charge in [0, 0.05) is 23.2 Å². The Morgan fingerprint density at radius 2 is 2.07 bits per heavy atom. The van der Waals surface area contributed by atoms with Gasteiger partial charge in [0.05, 0.1) is 12.0 Å². The lowest BCUT2D eigenvalue weighted by Gasteiger charge is -2.20. The summed E-state index contributed by atoms with van der Waals surface area (Å²) in [6, 6.07) is 17.4.